The van der Waals surface area contributed by atoms with Crippen LogP contribution in [0.2, 0.25) is 0 Å². The van der Waals surface area contributed by atoms with Gasteiger partial charge < -0.3 is 20.5 Å². The first kappa shape index (κ1) is 17.8. The predicted octanol–water partition coefficient (Wildman–Crippen LogP) is 2.59. The summed E-state index contributed by atoms with van der Waals surface area (Å²) in [4.78, 5) is 4.37. The number of guanidine groups is 1. The molecular weight excluding hydrogens is 290 g/mol. The third kappa shape index (κ3) is 6.59. The Bertz CT molecular complexity index is 482. The molecule has 0 spiro atoms. The minimum Gasteiger partial charge on any atom is -0.381 e. The second-order valence-corrected chi connectivity index (χ2v) is 6.09. The largest absolute Gasteiger partial charge is 0.381 e. The normalized spacial score (nSPS) is 17.9. The van der Waals surface area contributed by atoms with Gasteiger partial charge in [-0.3, -0.25) is 0 Å². The van der Waals surface area contributed by atoms with Gasteiger partial charge in [0.2, 0.25) is 0 Å². The van der Waals surface area contributed by atoms with Crippen LogP contribution in [0.4, 0.5) is 0 Å². The van der Waals surface area contributed by atoms with Crippen molar-refractivity contribution in [3.63, 3.8) is 0 Å². The lowest BCUT2D eigenvalue weighted by Crippen LogP contribution is -2.38. The highest BCUT2D eigenvalue weighted by Crippen LogP contribution is 2.14. The second-order valence-electron chi connectivity index (χ2n) is 6.09. The van der Waals surface area contributed by atoms with Crippen LogP contribution < -0.4 is 11.1 Å². The minimum absolute atomic E-state index is 0.333. The van der Waals surface area contributed by atoms with Gasteiger partial charge in [-0.2, -0.15) is 0 Å². The van der Waals surface area contributed by atoms with E-state index in [1.165, 1.54) is 5.56 Å². The van der Waals surface area contributed by atoms with Gasteiger partial charge in [-0.1, -0.05) is 31.2 Å². The zero-order chi connectivity index (χ0) is 16.5. The molecule has 0 radical (unpaired) electrons. The number of nitrogens with zero attached hydrogens (tertiary/aromatic N) is 1. The Morgan fingerprint density at radius 3 is 2.61 bits per heavy atom. The fraction of sp³-hybridized carbons (Fsp3) is 0.611. The number of aliphatic imine (C=N–C) groups is 1. The molecule has 0 aliphatic carbocycles. The number of rotatable bonds is 7. The van der Waals surface area contributed by atoms with Crippen LogP contribution in [0.25, 0.3) is 0 Å². The van der Waals surface area contributed by atoms with Gasteiger partial charge in [-0.15, -0.1) is 0 Å². The molecule has 0 amide bonds. The molecule has 1 atom stereocenters. The summed E-state index contributed by atoms with van der Waals surface area (Å²) in [7, 11) is 0. The molecule has 1 aliphatic heterocycles. The van der Waals surface area contributed by atoms with E-state index in [-0.39, 0.29) is 0 Å². The van der Waals surface area contributed by atoms with Gasteiger partial charge in [-0.25, -0.2) is 4.99 Å². The molecule has 1 unspecified atom stereocenters. The molecule has 0 aromatic heterocycles. The van der Waals surface area contributed by atoms with Crippen molar-refractivity contribution < 1.29 is 9.47 Å². The Labute approximate surface area is 139 Å². The van der Waals surface area contributed by atoms with Crippen molar-refractivity contribution >= 4 is 5.96 Å². The highest BCUT2D eigenvalue weighted by molar-refractivity contribution is 5.78. The predicted molar refractivity (Wildman–Crippen MR) is 93.3 cm³/mol. The van der Waals surface area contributed by atoms with Crippen LogP contribution in [0.3, 0.4) is 0 Å². The Kier molecular flexibility index (Phi) is 7.36. The van der Waals surface area contributed by atoms with Crippen molar-refractivity contribution in [1.82, 2.24) is 5.32 Å². The smallest absolute Gasteiger partial charge is 0.189 e. The van der Waals surface area contributed by atoms with Gasteiger partial charge in [-0.05, 0) is 37.3 Å². The molecule has 1 fully saturated rings. The van der Waals surface area contributed by atoms with Gasteiger partial charge in [0, 0.05) is 19.3 Å². The standard InChI is InChI=1S/C18H29N3O2/c1-3-14(2)21-18(19)20-12-15-4-6-16(7-5-15)13-23-17-8-10-22-11-9-17/h4-7,14,17H,3,8-13H2,1-2H3,(H3,19,20,21). The van der Waals surface area contributed by atoms with Crippen LogP contribution in [0.5, 0.6) is 0 Å². The van der Waals surface area contributed by atoms with E-state index >= 15 is 0 Å². The van der Waals surface area contributed by atoms with Crippen LogP contribution in [0.1, 0.15) is 44.2 Å². The fourth-order valence-corrected chi connectivity index (χ4v) is 2.37. The molecule has 1 aliphatic rings. The summed E-state index contributed by atoms with van der Waals surface area (Å²) in [5, 5.41) is 3.17. The number of hydrogen-bond donors (Lipinski definition) is 2. The van der Waals surface area contributed by atoms with Crippen molar-refractivity contribution in [1.29, 1.82) is 0 Å². The molecule has 23 heavy (non-hydrogen) atoms. The summed E-state index contributed by atoms with van der Waals surface area (Å²) in [6.45, 7) is 7.09. The maximum atomic E-state index is 5.93. The summed E-state index contributed by atoms with van der Waals surface area (Å²) in [6, 6.07) is 8.72. The zero-order valence-electron chi connectivity index (χ0n) is 14.3. The maximum absolute atomic E-state index is 5.93. The third-order valence-corrected chi connectivity index (χ3v) is 4.12. The number of benzene rings is 1. The molecule has 128 valence electrons. The van der Waals surface area contributed by atoms with E-state index in [4.69, 9.17) is 15.2 Å². The Balaban J connectivity index is 1.76. The molecule has 5 heteroatoms. The van der Waals surface area contributed by atoms with Crippen LogP contribution in [0, 0.1) is 0 Å². The molecule has 1 aromatic carbocycles. The summed E-state index contributed by atoms with van der Waals surface area (Å²) in [5.74, 6) is 0.506. The molecule has 0 bridgehead atoms. The van der Waals surface area contributed by atoms with Crippen LogP contribution in [0.15, 0.2) is 29.3 Å². The first-order chi connectivity index (χ1) is 11.2. The van der Waals surface area contributed by atoms with E-state index in [0.717, 1.165) is 38.0 Å². The molecule has 2 rings (SSSR count). The highest BCUT2D eigenvalue weighted by Gasteiger charge is 2.13. The lowest BCUT2D eigenvalue weighted by atomic mass is 10.1. The molecule has 1 saturated heterocycles. The van der Waals surface area contributed by atoms with E-state index in [2.05, 4.69) is 48.4 Å². The van der Waals surface area contributed by atoms with E-state index in [9.17, 15) is 0 Å². The zero-order valence-corrected chi connectivity index (χ0v) is 14.3. The summed E-state index contributed by atoms with van der Waals surface area (Å²) < 4.78 is 11.3. The van der Waals surface area contributed by atoms with E-state index in [1.807, 2.05) is 0 Å². The van der Waals surface area contributed by atoms with Gasteiger partial charge in [0.15, 0.2) is 5.96 Å². The summed E-state index contributed by atoms with van der Waals surface area (Å²) >= 11 is 0. The highest BCUT2D eigenvalue weighted by atomic mass is 16.5. The minimum atomic E-state index is 0.333. The summed E-state index contributed by atoms with van der Waals surface area (Å²) in [5.41, 5.74) is 8.20. The number of nitrogens with one attached hydrogen (secondary N) is 1. The lowest BCUT2D eigenvalue weighted by Gasteiger charge is -2.22. The molecule has 5 nitrogen and oxygen atoms in total. The average Bonchev–Trinajstić information content (AvgIpc) is 2.60. The topological polar surface area (TPSA) is 68.9 Å². The molecular formula is C18H29N3O2. The number of hydrogen-bond acceptors (Lipinski definition) is 3. The fourth-order valence-electron chi connectivity index (χ4n) is 2.37. The van der Waals surface area contributed by atoms with Crippen LogP contribution >= 0.6 is 0 Å². The first-order valence-corrected chi connectivity index (χ1v) is 8.51. The molecule has 0 saturated carbocycles. The maximum Gasteiger partial charge on any atom is 0.189 e. The quantitative estimate of drug-likeness (QED) is 0.599. The van der Waals surface area contributed by atoms with Crippen molar-refractivity contribution in [3.8, 4) is 0 Å². The molecule has 1 aromatic rings. The Morgan fingerprint density at radius 2 is 1.96 bits per heavy atom. The number of ether oxygens (including phenoxy) is 2. The second kappa shape index (κ2) is 9.53. The SMILES string of the molecule is CCC(C)NC(N)=NCc1ccc(COC2CCOCC2)cc1. The van der Waals surface area contributed by atoms with Crippen LogP contribution in [-0.4, -0.2) is 31.3 Å². The third-order valence-electron chi connectivity index (χ3n) is 4.12. The van der Waals surface area contributed by atoms with E-state index in [1.54, 1.807) is 0 Å². The average molecular weight is 319 g/mol. The van der Waals surface area contributed by atoms with Gasteiger partial charge in [0.1, 0.15) is 0 Å². The van der Waals surface area contributed by atoms with Gasteiger partial charge in [0.25, 0.3) is 0 Å². The van der Waals surface area contributed by atoms with Crippen LogP contribution in [-0.2, 0) is 22.6 Å². The van der Waals surface area contributed by atoms with Gasteiger partial charge >= 0.3 is 0 Å². The van der Waals surface area contributed by atoms with E-state index in [0.29, 0.717) is 31.3 Å². The Hall–Kier alpha value is -1.59. The van der Waals surface area contributed by atoms with Crippen molar-refractivity contribution in [2.45, 2.75) is 58.4 Å². The van der Waals surface area contributed by atoms with E-state index < -0.39 is 0 Å². The van der Waals surface area contributed by atoms with Crippen molar-refractivity contribution in [3.05, 3.63) is 35.4 Å². The first-order valence-electron chi connectivity index (χ1n) is 8.51. The lowest BCUT2D eigenvalue weighted by molar-refractivity contribution is -0.0390. The number of nitrogens with two attached hydrogens (primary N) is 1. The van der Waals surface area contributed by atoms with Crippen molar-refractivity contribution in [2.24, 2.45) is 10.7 Å². The Morgan fingerprint density at radius 1 is 1.30 bits per heavy atom. The van der Waals surface area contributed by atoms with Crippen molar-refractivity contribution in [2.75, 3.05) is 13.2 Å². The van der Waals surface area contributed by atoms with Gasteiger partial charge in [0.05, 0.1) is 19.3 Å². The monoisotopic (exact) mass is 319 g/mol. The molecule has 1 heterocycles. The molecule has 3 N–H and O–H groups in total. The summed E-state index contributed by atoms with van der Waals surface area (Å²) in [6.07, 6.45) is 3.35.